The van der Waals surface area contributed by atoms with Crippen LogP contribution in [0.2, 0.25) is 0 Å². The molecule has 8 nitrogen and oxygen atoms in total. The van der Waals surface area contributed by atoms with Crippen LogP contribution in [0.1, 0.15) is 13.8 Å². The highest BCUT2D eigenvalue weighted by atomic mass is 16.6. The Hall–Kier alpha value is -2.30. The average molecular weight is 242 g/mol. The van der Waals surface area contributed by atoms with Gasteiger partial charge in [0.15, 0.2) is 5.84 Å². The highest BCUT2D eigenvalue weighted by molar-refractivity contribution is 5.99. The van der Waals surface area contributed by atoms with Gasteiger partial charge in [-0.2, -0.15) is 5.26 Å². The number of hydrogen-bond donors (Lipinski definition) is 2. The summed E-state index contributed by atoms with van der Waals surface area (Å²) in [5.74, 6) is -1.21. The lowest BCUT2D eigenvalue weighted by Crippen LogP contribution is -2.41. The van der Waals surface area contributed by atoms with Crippen LogP contribution in [-0.2, 0) is 4.74 Å². The molecule has 0 saturated carbocycles. The third-order valence-corrected chi connectivity index (χ3v) is 1.99. The second kappa shape index (κ2) is 6.32. The van der Waals surface area contributed by atoms with Gasteiger partial charge in [-0.3, -0.25) is 4.90 Å². The molecular formula is C9H14N4O4. The van der Waals surface area contributed by atoms with Gasteiger partial charge in [0.25, 0.3) is 0 Å². The molecule has 0 heterocycles. The first-order valence-corrected chi connectivity index (χ1v) is 4.71. The van der Waals surface area contributed by atoms with Crippen molar-refractivity contribution in [2.24, 2.45) is 22.7 Å². The second-order valence-corrected chi connectivity index (χ2v) is 3.56. The van der Waals surface area contributed by atoms with Crippen molar-refractivity contribution in [3.63, 3.8) is 0 Å². The Morgan fingerprint density at radius 1 is 1.53 bits per heavy atom. The monoisotopic (exact) mass is 242 g/mol. The number of hydrogen-bond acceptors (Lipinski definition) is 6. The van der Waals surface area contributed by atoms with Crippen LogP contribution in [0.15, 0.2) is 5.16 Å². The van der Waals surface area contributed by atoms with E-state index in [2.05, 4.69) is 15.6 Å². The summed E-state index contributed by atoms with van der Waals surface area (Å²) in [6.45, 7) is 3.43. The molecule has 8 heteroatoms. The van der Waals surface area contributed by atoms with Crippen LogP contribution in [-0.4, -0.2) is 35.2 Å². The predicted octanol–water partition coefficient (Wildman–Crippen LogP) is 0.717. The third-order valence-electron chi connectivity index (χ3n) is 1.99. The lowest BCUT2D eigenvalue weighted by molar-refractivity contribution is 0.141. The number of amides is 2. The first-order valence-electron chi connectivity index (χ1n) is 4.71. The SMILES string of the molecule is CC(C)C(C#N)C(=NO)N(C)C(=O)OC(N)=O. The summed E-state index contributed by atoms with van der Waals surface area (Å²) in [5.41, 5.74) is 4.67. The summed E-state index contributed by atoms with van der Waals surface area (Å²) in [6, 6.07) is 1.89. The number of nitrogens with two attached hydrogens (primary N) is 1. The van der Waals surface area contributed by atoms with Crippen molar-refractivity contribution >= 4 is 18.0 Å². The third kappa shape index (κ3) is 3.98. The first-order chi connectivity index (χ1) is 7.84. The second-order valence-electron chi connectivity index (χ2n) is 3.56. The molecule has 0 fully saturated rings. The molecule has 0 spiro atoms. The van der Waals surface area contributed by atoms with Crippen LogP contribution in [0.5, 0.6) is 0 Å². The van der Waals surface area contributed by atoms with Gasteiger partial charge in [-0.15, -0.1) is 0 Å². The smallest absolute Gasteiger partial charge is 0.409 e. The highest BCUT2D eigenvalue weighted by Gasteiger charge is 2.28. The molecule has 1 atom stereocenters. The van der Waals surface area contributed by atoms with E-state index in [1.165, 1.54) is 7.05 Å². The molecule has 17 heavy (non-hydrogen) atoms. The van der Waals surface area contributed by atoms with E-state index >= 15 is 0 Å². The van der Waals surface area contributed by atoms with E-state index in [9.17, 15) is 9.59 Å². The Kier molecular flexibility index (Phi) is 5.46. The lowest BCUT2D eigenvalue weighted by atomic mass is 9.96. The van der Waals surface area contributed by atoms with Crippen LogP contribution in [0.4, 0.5) is 9.59 Å². The summed E-state index contributed by atoms with van der Waals surface area (Å²) in [6.07, 6.45) is -2.40. The first kappa shape index (κ1) is 14.7. The zero-order valence-electron chi connectivity index (χ0n) is 9.75. The molecule has 94 valence electrons. The van der Waals surface area contributed by atoms with Crippen molar-refractivity contribution in [2.45, 2.75) is 13.8 Å². The van der Waals surface area contributed by atoms with Gasteiger partial charge >= 0.3 is 12.2 Å². The van der Waals surface area contributed by atoms with E-state index in [0.29, 0.717) is 0 Å². The number of amidine groups is 1. The fourth-order valence-electron chi connectivity index (χ4n) is 1.09. The topological polar surface area (TPSA) is 129 Å². The molecule has 2 amide bonds. The number of nitrogens with zero attached hydrogens (tertiary/aromatic N) is 3. The fraction of sp³-hybridized carbons (Fsp3) is 0.556. The van der Waals surface area contributed by atoms with Crippen LogP contribution < -0.4 is 5.73 Å². The van der Waals surface area contributed by atoms with E-state index < -0.39 is 18.1 Å². The van der Waals surface area contributed by atoms with Crippen molar-refractivity contribution in [2.75, 3.05) is 7.05 Å². The summed E-state index contributed by atoms with van der Waals surface area (Å²) in [5, 5.41) is 20.6. The van der Waals surface area contributed by atoms with Gasteiger partial charge < -0.3 is 15.7 Å². The molecule has 0 aliphatic rings. The Bertz CT molecular complexity index is 372. The standard InChI is InChI=1S/C9H14N4O4/c1-5(2)6(4-10)7(12-16)13(3)9(15)17-8(11)14/h5-6,16H,1-3H3,(H2,11,14). The molecule has 1 unspecified atom stereocenters. The van der Waals surface area contributed by atoms with E-state index in [1.54, 1.807) is 13.8 Å². The molecule has 0 aliphatic heterocycles. The number of oxime groups is 1. The molecule has 0 aromatic rings. The number of rotatable bonds is 2. The van der Waals surface area contributed by atoms with Gasteiger partial charge in [-0.1, -0.05) is 19.0 Å². The maximum Gasteiger partial charge on any atom is 0.424 e. The molecule has 0 radical (unpaired) electrons. The lowest BCUT2D eigenvalue weighted by Gasteiger charge is -2.21. The van der Waals surface area contributed by atoms with E-state index in [-0.39, 0.29) is 11.8 Å². The van der Waals surface area contributed by atoms with Crippen molar-refractivity contribution in [1.29, 1.82) is 5.26 Å². The van der Waals surface area contributed by atoms with Gasteiger partial charge in [-0.25, -0.2) is 9.59 Å². The Labute approximate surface area is 98.2 Å². The largest absolute Gasteiger partial charge is 0.424 e. The van der Waals surface area contributed by atoms with Crippen molar-refractivity contribution < 1.29 is 19.5 Å². The number of primary amides is 1. The van der Waals surface area contributed by atoms with Gasteiger partial charge in [-0.05, 0) is 5.92 Å². The zero-order chi connectivity index (χ0) is 13.6. The number of carbonyl (C=O) groups excluding carboxylic acids is 2. The van der Waals surface area contributed by atoms with Crippen LogP contribution in [0, 0.1) is 23.2 Å². The summed E-state index contributed by atoms with van der Waals surface area (Å²) in [4.78, 5) is 22.4. The maximum atomic E-state index is 11.3. The quantitative estimate of drug-likeness (QED) is 0.242. The minimum absolute atomic E-state index is 0.185. The molecule has 0 rings (SSSR count). The Morgan fingerprint density at radius 2 is 2.06 bits per heavy atom. The molecular weight excluding hydrogens is 228 g/mol. The van der Waals surface area contributed by atoms with E-state index in [4.69, 9.17) is 10.5 Å². The summed E-state index contributed by atoms with van der Waals surface area (Å²) >= 11 is 0. The van der Waals surface area contributed by atoms with Crippen molar-refractivity contribution in [3.8, 4) is 6.07 Å². The zero-order valence-corrected chi connectivity index (χ0v) is 9.75. The van der Waals surface area contributed by atoms with Crippen LogP contribution in [0.3, 0.4) is 0 Å². The molecule has 0 aromatic heterocycles. The Balaban J connectivity index is 4.97. The summed E-state index contributed by atoms with van der Waals surface area (Å²) in [7, 11) is 1.20. The van der Waals surface area contributed by atoms with Crippen LogP contribution in [0.25, 0.3) is 0 Å². The molecule has 3 N–H and O–H groups in total. The maximum absolute atomic E-state index is 11.3. The van der Waals surface area contributed by atoms with Gasteiger partial charge in [0.2, 0.25) is 0 Å². The fourth-order valence-corrected chi connectivity index (χ4v) is 1.09. The van der Waals surface area contributed by atoms with Crippen LogP contribution >= 0.6 is 0 Å². The molecule has 0 saturated heterocycles. The van der Waals surface area contributed by atoms with Gasteiger partial charge in [0, 0.05) is 7.05 Å². The highest BCUT2D eigenvalue weighted by Crippen LogP contribution is 2.14. The Morgan fingerprint density at radius 3 is 2.35 bits per heavy atom. The van der Waals surface area contributed by atoms with E-state index in [0.717, 1.165) is 4.90 Å². The van der Waals surface area contributed by atoms with Crippen molar-refractivity contribution in [3.05, 3.63) is 0 Å². The van der Waals surface area contributed by atoms with Crippen molar-refractivity contribution in [1.82, 2.24) is 4.90 Å². The number of ether oxygens (including phenoxy) is 1. The molecule has 0 aliphatic carbocycles. The minimum Gasteiger partial charge on any atom is -0.409 e. The minimum atomic E-state index is -1.28. The van der Waals surface area contributed by atoms with Gasteiger partial charge in [0.05, 0.1) is 6.07 Å². The van der Waals surface area contributed by atoms with E-state index in [1.807, 2.05) is 6.07 Å². The average Bonchev–Trinajstić information content (AvgIpc) is 2.23. The number of nitriles is 1. The normalized spacial score (nSPS) is 12.8. The predicted molar refractivity (Wildman–Crippen MR) is 57.0 cm³/mol. The van der Waals surface area contributed by atoms with Gasteiger partial charge in [0.1, 0.15) is 5.92 Å². The molecule has 0 bridgehead atoms. The summed E-state index contributed by atoms with van der Waals surface area (Å²) < 4.78 is 4.09. The number of carbonyl (C=O) groups is 2. The molecule has 0 aromatic carbocycles.